The highest BCUT2D eigenvalue weighted by atomic mass is 31.0. The molecule has 0 rings (SSSR count). The second-order valence-corrected chi connectivity index (χ2v) is 3.56. The maximum atomic E-state index is 2.81. The van der Waals surface area contributed by atoms with Gasteiger partial charge in [-0.1, -0.05) is 23.2 Å². The summed E-state index contributed by atoms with van der Waals surface area (Å²) >= 11 is 0. The van der Waals surface area contributed by atoms with E-state index in [0.29, 0.717) is 12.1 Å². The third kappa shape index (κ3) is 2.98. The van der Waals surface area contributed by atoms with Crippen LogP contribution < -0.4 is 0 Å². The van der Waals surface area contributed by atoms with Crippen LogP contribution in [0.5, 0.6) is 0 Å². The molecule has 3 atom stereocenters. The van der Waals surface area contributed by atoms with Crippen molar-refractivity contribution in [3.8, 4) is 0 Å². The van der Waals surface area contributed by atoms with Crippen LogP contribution in [-0.4, -0.2) is 16.8 Å². The molecule has 0 amide bonds. The zero-order chi connectivity index (χ0) is 8.15. The number of rotatable bonds is 4. The molecule has 0 aromatic heterocycles. The predicted octanol–water partition coefficient (Wildman–Crippen LogP) is 2.68. The third-order valence-electron chi connectivity index (χ3n) is 2.20. The van der Waals surface area contributed by atoms with Crippen LogP contribution in [0.3, 0.4) is 0 Å². The van der Waals surface area contributed by atoms with Gasteiger partial charge in [0.2, 0.25) is 0 Å². The lowest BCUT2D eigenvalue weighted by Crippen LogP contribution is -2.30. The van der Waals surface area contributed by atoms with Gasteiger partial charge < -0.3 is 0 Å². The summed E-state index contributed by atoms with van der Waals surface area (Å²) in [5.41, 5.74) is 0. The molecule has 0 radical (unpaired) electrons. The lowest BCUT2D eigenvalue weighted by molar-refractivity contribution is 0.288. The van der Waals surface area contributed by atoms with E-state index in [1.165, 1.54) is 12.8 Å². The van der Waals surface area contributed by atoms with E-state index in [2.05, 4.69) is 41.8 Å². The van der Waals surface area contributed by atoms with Gasteiger partial charge in [0, 0.05) is 12.1 Å². The summed E-state index contributed by atoms with van der Waals surface area (Å²) in [7, 11) is 2.81. The lowest BCUT2D eigenvalue weighted by atomic mass is 10.2. The van der Waals surface area contributed by atoms with E-state index in [9.17, 15) is 0 Å². The topological polar surface area (TPSA) is 3.24 Å². The van der Waals surface area contributed by atoms with Crippen LogP contribution in [0.2, 0.25) is 0 Å². The minimum absolute atomic E-state index is 0.694. The molecule has 0 N–H and O–H groups in total. The van der Waals surface area contributed by atoms with Gasteiger partial charge in [-0.15, -0.1) is 0 Å². The van der Waals surface area contributed by atoms with Gasteiger partial charge in [0.1, 0.15) is 0 Å². The molecule has 0 heterocycles. The molecule has 3 unspecified atom stereocenters. The minimum Gasteiger partial charge on any atom is -0.282 e. The molecule has 0 aliphatic heterocycles. The molecule has 0 aliphatic carbocycles. The van der Waals surface area contributed by atoms with Crippen molar-refractivity contribution in [2.75, 3.05) is 0 Å². The summed E-state index contributed by atoms with van der Waals surface area (Å²) in [4.78, 5) is 0. The molecule has 0 bridgehead atoms. The Bertz CT molecular complexity index is 75.3. The Hall–Kier alpha value is 0.390. The monoisotopic (exact) mass is 161 g/mol. The van der Waals surface area contributed by atoms with Crippen molar-refractivity contribution in [1.29, 1.82) is 0 Å². The lowest BCUT2D eigenvalue weighted by Gasteiger charge is -2.28. The average Bonchev–Trinajstić information content (AvgIpc) is 2.00. The highest BCUT2D eigenvalue weighted by Gasteiger charge is 2.11. The molecule has 0 saturated heterocycles. The second-order valence-electron chi connectivity index (χ2n) is 2.96. The summed E-state index contributed by atoms with van der Waals surface area (Å²) in [5.74, 6) is 0. The average molecular weight is 161 g/mol. The maximum Gasteiger partial charge on any atom is 0.0101 e. The fourth-order valence-electron chi connectivity index (χ4n) is 0.856. The molecule has 1 nitrogen and oxygen atoms in total. The van der Waals surface area contributed by atoms with E-state index >= 15 is 0 Å². The van der Waals surface area contributed by atoms with Crippen molar-refractivity contribution in [2.24, 2.45) is 0 Å². The van der Waals surface area contributed by atoms with E-state index in [-0.39, 0.29) is 0 Å². The summed E-state index contributed by atoms with van der Waals surface area (Å²) in [6.07, 6.45) is 2.46. The Balaban J connectivity index is 3.69. The van der Waals surface area contributed by atoms with Crippen molar-refractivity contribution in [3.05, 3.63) is 0 Å². The summed E-state index contributed by atoms with van der Waals surface area (Å²) in [5, 5.41) is 0. The van der Waals surface area contributed by atoms with Gasteiger partial charge in [0.05, 0.1) is 0 Å². The highest BCUT2D eigenvalue weighted by molar-refractivity contribution is 7.13. The molecule has 2 heteroatoms. The summed E-state index contributed by atoms with van der Waals surface area (Å²) in [6, 6.07) is 1.39. The Morgan fingerprint density at radius 3 is 1.60 bits per heavy atom. The van der Waals surface area contributed by atoms with Gasteiger partial charge in [0.25, 0.3) is 0 Å². The van der Waals surface area contributed by atoms with Crippen molar-refractivity contribution in [3.63, 3.8) is 0 Å². The zero-order valence-corrected chi connectivity index (χ0v) is 8.75. The first kappa shape index (κ1) is 10.4. The van der Waals surface area contributed by atoms with Gasteiger partial charge in [-0.3, -0.25) is 4.67 Å². The van der Waals surface area contributed by atoms with Crippen LogP contribution in [0, 0.1) is 0 Å². The molecular weight excluding hydrogens is 141 g/mol. The summed E-state index contributed by atoms with van der Waals surface area (Å²) < 4.78 is 2.36. The fourth-order valence-corrected chi connectivity index (χ4v) is 1.28. The standard InChI is InChI=1S/C8H20NP/c1-5-7(3)9(10)8(4)6-2/h7-8H,5-6,10H2,1-4H3. The normalized spacial score (nSPS) is 17.4. The van der Waals surface area contributed by atoms with Gasteiger partial charge in [0.15, 0.2) is 0 Å². The Morgan fingerprint density at radius 1 is 1.10 bits per heavy atom. The quantitative estimate of drug-likeness (QED) is 0.573. The molecular formula is C8H20NP. The first-order valence-corrected chi connectivity index (χ1v) is 4.68. The van der Waals surface area contributed by atoms with E-state index in [4.69, 9.17) is 0 Å². The first-order valence-electron chi connectivity index (χ1n) is 4.16. The number of nitrogens with zero attached hydrogens (tertiary/aromatic N) is 1. The van der Waals surface area contributed by atoms with E-state index < -0.39 is 0 Å². The SMILES string of the molecule is CCC(C)N(P)C(C)CC. The Kier molecular flexibility index (Phi) is 5.29. The van der Waals surface area contributed by atoms with Crippen LogP contribution in [0.4, 0.5) is 0 Å². The molecule has 62 valence electrons. The van der Waals surface area contributed by atoms with Crippen LogP contribution in [0.25, 0.3) is 0 Å². The molecule has 0 spiro atoms. The molecule has 10 heavy (non-hydrogen) atoms. The minimum atomic E-state index is 0.694. The fraction of sp³-hybridized carbons (Fsp3) is 1.00. The summed E-state index contributed by atoms with van der Waals surface area (Å²) in [6.45, 7) is 8.98. The van der Waals surface area contributed by atoms with Crippen molar-refractivity contribution >= 4 is 9.39 Å². The van der Waals surface area contributed by atoms with Gasteiger partial charge in [-0.05, 0) is 26.7 Å². The third-order valence-corrected chi connectivity index (χ3v) is 3.22. The van der Waals surface area contributed by atoms with Crippen molar-refractivity contribution < 1.29 is 0 Å². The molecule has 0 aliphatic rings. The molecule has 0 fully saturated rings. The van der Waals surface area contributed by atoms with Crippen LogP contribution in [0.15, 0.2) is 0 Å². The number of hydrogen-bond donors (Lipinski definition) is 0. The van der Waals surface area contributed by atoms with Gasteiger partial charge >= 0.3 is 0 Å². The Morgan fingerprint density at radius 2 is 1.40 bits per heavy atom. The number of hydrogen-bond acceptors (Lipinski definition) is 1. The van der Waals surface area contributed by atoms with Gasteiger partial charge in [-0.2, -0.15) is 0 Å². The first-order chi connectivity index (χ1) is 4.63. The Labute approximate surface area is 67.4 Å². The van der Waals surface area contributed by atoms with Gasteiger partial charge in [-0.25, -0.2) is 0 Å². The van der Waals surface area contributed by atoms with E-state index in [1.54, 1.807) is 0 Å². The van der Waals surface area contributed by atoms with Crippen molar-refractivity contribution in [1.82, 2.24) is 4.67 Å². The van der Waals surface area contributed by atoms with Crippen molar-refractivity contribution in [2.45, 2.75) is 52.6 Å². The largest absolute Gasteiger partial charge is 0.282 e. The van der Waals surface area contributed by atoms with Crippen LogP contribution in [0.1, 0.15) is 40.5 Å². The zero-order valence-electron chi connectivity index (χ0n) is 7.59. The molecule has 0 aromatic carbocycles. The maximum absolute atomic E-state index is 2.81. The predicted molar refractivity (Wildman–Crippen MR) is 51.1 cm³/mol. The molecule has 0 aromatic rings. The highest BCUT2D eigenvalue weighted by Crippen LogP contribution is 2.15. The van der Waals surface area contributed by atoms with Crippen LogP contribution >= 0.6 is 9.39 Å². The molecule has 0 saturated carbocycles. The van der Waals surface area contributed by atoms with E-state index in [1.807, 2.05) is 0 Å². The smallest absolute Gasteiger partial charge is 0.0101 e. The second kappa shape index (κ2) is 5.09. The van der Waals surface area contributed by atoms with Crippen LogP contribution in [-0.2, 0) is 0 Å². The van der Waals surface area contributed by atoms with E-state index in [0.717, 1.165) is 0 Å².